The van der Waals surface area contributed by atoms with Gasteiger partial charge in [0.1, 0.15) is 5.82 Å². The first-order chi connectivity index (χ1) is 10.4. The van der Waals surface area contributed by atoms with E-state index < -0.39 is 0 Å². The van der Waals surface area contributed by atoms with Crippen LogP contribution in [0, 0.1) is 5.82 Å². The SMILES string of the molecule is CC(C)(C)c1ccc(-c2ccc(-c3ccccc3)c(F)c2)s1. The van der Waals surface area contributed by atoms with Crippen LogP contribution in [0.5, 0.6) is 0 Å². The van der Waals surface area contributed by atoms with Gasteiger partial charge in [-0.25, -0.2) is 4.39 Å². The summed E-state index contributed by atoms with van der Waals surface area (Å²) in [7, 11) is 0. The molecule has 112 valence electrons. The molecule has 0 spiro atoms. The lowest BCUT2D eigenvalue weighted by molar-refractivity contribution is 0.604. The molecule has 0 radical (unpaired) electrons. The van der Waals surface area contributed by atoms with Crippen LogP contribution in [0.2, 0.25) is 0 Å². The van der Waals surface area contributed by atoms with Crippen molar-refractivity contribution in [3.05, 3.63) is 71.4 Å². The Labute approximate surface area is 135 Å². The molecule has 0 nitrogen and oxygen atoms in total. The fraction of sp³-hybridized carbons (Fsp3) is 0.200. The van der Waals surface area contributed by atoms with Gasteiger partial charge in [0.25, 0.3) is 0 Å². The summed E-state index contributed by atoms with van der Waals surface area (Å²) in [6.45, 7) is 6.59. The summed E-state index contributed by atoms with van der Waals surface area (Å²) in [4.78, 5) is 2.43. The number of halogens is 1. The molecule has 22 heavy (non-hydrogen) atoms. The predicted octanol–water partition coefficient (Wildman–Crippen LogP) is 6.52. The highest BCUT2D eigenvalue weighted by molar-refractivity contribution is 7.15. The normalized spacial score (nSPS) is 11.6. The minimum atomic E-state index is -0.172. The Kier molecular flexibility index (Phi) is 3.88. The van der Waals surface area contributed by atoms with Crippen molar-refractivity contribution in [2.75, 3.05) is 0 Å². The zero-order chi connectivity index (χ0) is 15.7. The molecule has 0 aliphatic carbocycles. The minimum absolute atomic E-state index is 0.130. The number of benzene rings is 2. The number of hydrogen-bond donors (Lipinski definition) is 0. The van der Waals surface area contributed by atoms with Crippen molar-refractivity contribution < 1.29 is 4.39 Å². The molecule has 0 atom stereocenters. The Morgan fingerprint density at radius 3 is 2.14 bits per heavy atom. The van der Waals surface area contributed by atoms with Gasteiger partial charge in [-0.05, 0) is 34.7 Å². The van der Waals surface area contributed by atoms with E-state index >= 15 is 0 Å². The van der Waals surface area contributed by atoms with E-state index in [2.05, 4.69) is 32.9 Å². The number of hydrogen-bond acceptors (Lipinski definition) is 1. The lowest BCUT2D eigenvalue weighted by atomic mass is 9.95. The van der Waals surface area contributed by atoms with Gasteiger partial charge in [-0.3, -0.25) is 0 Å². The molecule has 3 aromatic rings. The van der Waals surface area contributed by atoms with E-state index in [0.717, 1.165) is 16.0 Å². The van der Waals surface area contributed by atoms with Gasteiger partial charge in [-0.15, -0.1) is 11.3 Å². The maximum absolute atomic E-state index is 14.5. The molecule has 0 saturated heterocycles. The Bertz CT molecular complexity index is 779. The van der Waals surface area contributed by atoms with Crippen LogP contribution in [0.3, 0.4) is 0 Å². The Morgan fingerprint density at radius 2 is 1.55 bits per heavy atom. The summed E-state index contributed by atoms with van der Waals surface area (Å²) in [5, 5.41) is 0. The van der Waals surface area contributed by atoms with Crippen LogP contribution in [-0.4, -0.2) is 0 Å². The fourth-order valence-corrected chi connectivity index (χ4v) is 3.48. The second-order valence-corrected chi connectivity index (χ2v) is 7.56. The highest BCUT2D eigenvalue weighted by atomic mass is 32.1. The summed E-state index contributed by atoms with van der Waals surface area (Å²) in [5.41, 5.74) is 2.63. The highest BCUT2D eigenvalue weighted by Crippen LogP contribution is 2.36. The molecule has 0 N–H and O–H groups in total. The average molecular weight is 310 g/mol. The van der Waals surface area contributed by atoms with Crippen LogP contribution in [0.1, 0.15) is 25.6 Å². The Morgan fingerprint density at radius 1 is 0.818 bits per heavy atom. The molecule has 2 aromatic carbocycles. The Hall–Kier alpha value is -1.93. The first-order valence-corrected chi connectivity index (χ1v) is 8.22. The molecule has 1 heterocycles. The standard InChI is InChI=1S/C20H19FS/c1-20(2,3)19-12-11-18(22-19)15-9-10-16(17(21)13-15)14-7-5-4-6-8-14/h4-13H,1-3H3. The van der Waals surface area contributed by atoms with E-state index in [1.807, 2.05) is 42.5 Å². The van der Waals surface area contributed by atoms with Crippen molar-refractivity contribution in [2.45, 2.75) is 26.2 Å². The van der Waals surface area contributed by atoms with Gasteiger partial charge in [0.2, 0.25) is 0 Å². The van der Waals surface area contributed by atoms with E-state index in [0.29, 0.717) is 5.56 Å². The van der Waals surface area contributed by atoms with Crippen LogP contribution in [0.25, 0.3) is 21.6 Å². The number of thiophene rings is 1. The predicted molar refractivity (Wildman–Crippen MR) is 93.8 cm³/mol. The molecule has 1 aromatic heterocycles. The molecular weight excluding hydrogens is 291 g/mol. The van der Waals surface area contributed by atoms with E-state index in [4.69, 9.17) is 0 Å². The van der Waals surface area contributed by atoms with Crippen molar-refractivity contribution in [2.24, 2.45) is 0 Å². The van der Waals surface area contributed by atoms with Gasteiger partial charge in [0, 0.05) is 15.3 Å². The fourth-order valence-electron chi connectivity index (χ4n) is 2.42. The largest absolute Gasteiger partial charge is 0.206 e. The minimum Gasteiger partial charge on any atom is -0.206 e. The molecule has 0 amide bonds. The second kappa shape index (κ2) is 5.69. The summed E-state index contributed by atoms with van der Waals surface area (Å²) < 4.78 is 14.5. The number of rotatable bonds is 2. The Balaban J connectivity index is 1.97. The molecule has 0 fully saturated rings. The van der Waals surface area contributed by atoms with Crippen molar-refractivity contribution in [1.82, 2.24) is 0 Å². The third kappa shape index (κ3) is 2.97. The summed E-state index contributed by atoms with van der Waals surface area (Å²) in [5.74, 6) is -0.172. The van der Waals surface area contributed by atoms with Crippen molar-refractivity contribution in [1.29, 1.82) is 0 Å². The third-order valence-corrected chi connectivity index (χ3v) is 5.24. The van der Waals surface area contributed by atoms with Crippen LogP contribution in [-0.2, 0) is 5.41 Å². The van der Waals surface area contributed by atoms with Gasteiger partial charge in [-0.1, -0.05) is 63.2 Å². The summed E-state index contributed by atoms with van der Waals surface area (Å²) in [6.07, 6.45) is 0. The second-order valence-electron chi connectivity index (χ2n) is 6.47. The molecule has 0 bridgehead atoms. The van der Waals surface area contributed by atoms with Gasteiger partial charge in [0.15, 0.2) is 0 Å². The molecule has 3 rings (SSSR count). The molecular formula is C20H19FS. The summed E-state index contributed by atoms with van der Waals surface area (Å²) >= 11 is 1.74. The van der Waals surface area contributed by atoms with Crippen LogP contribution >= 0.6 is 11.3 Å². The van der Waals surface area contributed by atoms with Gasteiger partial charge in [-0.2, -0.15) is 0 Å². The summed E-state index contributed by atoms with van der Waals surface area (Å²) in [6, 6.07) is 19.4. The molecule has 0 aliphatic heterocycles. The van der Waals surface area contributed by atoms with Gasteiger partial charge in [0.05, 0.1) is 0 Å². The third-order valence-electron chi connectivity index (χ3n) is 3.68. The maximum Gasteiger partial charge on any atom is 0.131 e. The first kappa shape index (κ1) is 15.0. The monoisotopic (exact) mass is 310 g/mol. The molecule has 0 aliphatic rings. The van der Waals surface area contributed by atoms with Gasteiger partial charge < -0.3 is 0 Å². The van der Waals surface area contributed by atoms with Crippen LogP contribution < -0.4 is 0 Å². The van der Waals surface area contributed by atoms with E-state index in [-0.39, 0.29) is 11.2 Å². The van der Waals surface area contributed by atoms with E-state index in [1.54, 1.807) is 17.4 Å². The average Bonchev–Trinajstić information content (AvgIpc) is 2.98. The van der Waals surface area contributed by atoms with E-state index in [1.165, 1.54) is 4.88 Å². The maximum atomic E-state index is 14.5. The van der Waals surface area contributed by atoms with Crippen LogP contribution in [0.15, 0.2) is 60.7 Å². The first-order valence-electron chi connectivity index (χ1n) is 7.41. The zero-order valence-corrected chi connectivity index (χ0v) is 13.9. The zero-order valence-electron chi connectivity index (χ0n) is 13.1. The molecule has 2 heteroatoms. The quantitative estimate of drug-likeness (QED) is 0.505. The van der Waals surface area contributed by atoms with Crippen molar-refractivity contribution >= 4 is 11.3 Å². The molecule has 0 unspecified atom stereocenters. The topological polar surface area (TPSA) is 0 Å². The smallest absolute Gasteiger partial charge is 0.131 e. The molecule has 0 saturated carbocycles. The van der Waals surface area contributed by atoms with Crippen molar-refractivity contribution in [3.8, 4) is 21.6 Å². The lowest BCUT2D eigenvalue weighted by Crippen LogP contribution is -2.07. The van der Waals surface area contributed by atoms with Crippen molar-refractivity contribution in [3.63, 3.8) is 0 Å². The highest BCUT2D eigenvalue weighted by Gasteiger charge is 2.17. The van der Waals surface area contributed by atoms with Crippen LogP contribution in [0.4, 0.5) is 4.39 Å². The van der Waals surface area contributed by atoms with E-state index in [9.17, 15) is 4.39 Å². The lowest BCUT2D eigenvalue weighted by Gasteiger charge is -2.15. The van der Waals surface area contributed by atoms with Gasteiger partial charge >= 0.3 is 0 Å².